The first-order chi connectivity index (χ1) is 15.5. The summed E-state index contributed by atoms with van der Waals surface area (Å²) >= 11 is 6.38. The van der Waals surface area contributed by atoms with Crippen LogP contribution in [0.1, 0.15) is 41.6 Å². The summed E-state index contributed by atoms with van der Waals surface area (Å²) in [5.74, 6) is -0.0559. The van der Waals surface area contributed by atoms with E-state index >= 15 is 0 Å². The Balaban J connectivity index is 1.65. The molecule has 0 spiro atoms. The van der Waals surface area contributed by atoms with Crippen LogP contribution < -0.4 is 5.32 Å². The largest absolute Gasteiger partial charge is 0.380 e. The molecule has 160 valence electrons. The lowest BCUT2D eigenvalue weighted by Crippen LogP contribution is -2.24. The molecule has 0 aliphatic carbocycles. The number of anilines is 1. The van der Waals surface area contributed by atoms with E-state index in [9.17, 15) is 4.79 Å². The van der Waals surface area contributed by atoms with Crippen molar-refractivity contribution in [2.45, 2.75) is 26.3 Å². The predicted molar refractivity (Wildman–Crippen MR) is 131 cm³/mol. The van der Waals surface area contributed by atoms with Gasteiger partial charge in [0, 0.05) is 41.7 Å². The zero-order valence-corrected chi connectivity index (χ0v) is 18.9. The molecule has 0 saturated carbocycles. The first kappa shape index (κ1) is 20.5. The van der Waals surface area contributed by atoms with Crippen molar-refractivity contribution in [1.82, 2.24) is 5.01 Å². The van der Waals surface area contributed by atoms with Gasteiger partial charge in [-0.1, -0.05) is 71.8 Å². The minimum absolute atomic E-state index is 0.0559. The number of nitrogens with zero attached hydrogens (tertiary/aromatic N) is 2. The molecule has 0 radical (unpaired) electrons. The minimum Gasteiger partial charge on any atom is -0.380 e. The fourth-order valence-corrected chi connectivity index (χ4v) is 4.70. The molecule has 2 aliphatic heterocycles. The maximum absolute atomic E-state index is 12.5. The zero-order valence-electron chi connectivity index (χ0n) is 18.1. The van der Waals surface area contributed by atoms with Crippen molar-refractivity contribution >= 4 is 34.5 Å². The van der Waals surface area contributed by atoms with Crippen LogP contribution in [0.25, 0.3) is 5.57 Å². The fraction of sp³-hybridized carbons (Fsp3) is 0.185. The van der Waals surface area contributed by atoms with Crippen LogP contribution in [0.15, 0.2) is 83.5 Å². The van der Waals surface area contributed by atoms with Crippen LogP contribution in [-0.2, 0) is 4.79 Å². The first-order valence-corrected chi connectivity index (χ1v) is 11.2. The molecule has 0 saturated heterocycles. The van der Waals surface area contributed by atoms with Crippen molar-refractivity contribution in [2.75, 3.05) is 11.9 Å². The number of aryl methyl sites for hydroxylation is 1. The summed E-state index contributed by atoms with van der Waals surface area (Å²) in [6.07, 6.45) is 0.673. The summed E-state index contributed by atoms with van der Waals surface area (Å²) in [4.78, 5) is 12.5. The molecule has 5 heteroatoms. The van der Waals surface area contributed by atoms with Crippen molar-refractivity contribution in [2.24, 2.45) is 5.10 Å². The molecule has 1 unspecified atom stereocenters. The second-order valence-electron chi connectivity index (χ2n) is 8.30. The number of fused-ring (bicyclic) bond motifs is 1. The third-order valence-corrected chi connectivity index (χ3v) is 6.35. The fourth-order valence-electron chi connectivity index (χ4n) is 4.52. The van der Waals surface area contributed by atoms with Crippen LogP contribution >= 0.6 is 11.6 Å². The maximum atomic E-state index is 12.5. The number of halogens is 1. The van der Waals surface area contributed by atoms with Crippen LogP contribution in [0.2, 0.25) is 5.02 Å². The standard InChI is InChI=1S/C27H24ClN3O/c1-17-8-10-19(11-9-17)26-15-25(30-31(26)18(2)32)23-16-29-24-13-12-21(28)14-22(24)27(23)20-6-4-3-5-7-20/h3-14,26,29H,15-16H2,1-2H3. The first-order valence-electron chi connectivity index (χ1n) is 10.8. The van der Waals surface area contributed by atoms with Gasteiger partial charge in [0.05, 0.1) is 11.8 Å². The monoisotopic (exact) mass is 441 g/mol. The number of benzene rings is 3. The summed E-state index contributed by atoms with van der Waals surface area (Å²) in [7, 11) is 0. The van der Waals surface area contributed by atoms with Crippen LogP contribution in [-0.4, -0.2) is 23.2 Å². The Labute approximate surface area is 193 Å². The van der Waals surface area contributed by atoms with Gasteiger partial charge in [-0.15, -0.1) is 0 Å². The molecule has 5 rings (SSSR count). The zero-order chi connectivity index (χ0) is 22.2. The van der Waals surface area contributed by atoms with E-state index in [0.29, 0.717) is 18.0 Å². The summed E-state index contributed by atoms with van der Waals surface area (Å²) in [6, 6.07) is 24.5. The van der Waals surface area contributed by atoms with Gasteiger partial charge in [0.15, 0.2) is 0 Å². The van der Waals surface area contributed by atoms with Crippen LogP contribution in [0.5, 0.6) is 0 Å². The molecule has 2 heterocycles. The molecule has 4 nitrogen and oxygen atoms in total. The highest BCUT2D eigenvalue weighted by Crippen LogP contribution is 2.41. The number of hydrogen-bond donors (Lipinski definition) is 1. The second kappa shape index (κ2) is 8.29. The number of hydrogen-bond acceptors (Lipinski definition) is 3. The Kier molecular flexibility index (Phi) is 5.32. The van der Waals surface area contributed by atoms with Gasteiger partial charge in [0.25, 0.3) is 0 Å². The van der Waals surface area contributed by atoms with Crippen LogP contribution in [0, 0.1) is 6.92 Å². The van der Waals surface area contributed by atoms with Gasteiger partial charge in [-0.05, 0) is 41.8 Å². The number of nitrogens with one attached hydrogen (secondary N) is 1. The number of hydrazone groups is 1. The number of rotatable bonds is 3. The predicted octanol–water partition coefficient (Wildman–Crippen LogP) is 6.23. The molecule has 2 aliphatic rings. The summed E-state index contributed by atoms with van der Waals surface area (Å²) in [5, 5.41) is 10.7. The molecule has 0 bridgehead atoms. The highest BCUT2D eigenvalue weighted by molar-refractivity contribution is 6.31. The Hall–Kier alpha value is -3.37. The number of amides is 1. The van der Waals surface area contributed by atoms with Gasteiger partial charge in [0.1, 0.15) is 0 Å². The topological polar surface area (TPSA) is 44.7 Å². The smallest absolute Gasteiger partial charge is 0.240 e. The van der Waals surface area contributed by atoms with Crippen molar-refractivity contribution in [3.63, 3.8) is 0 Å². The minimum atomic E-state index is -0.103. The van der Waals surface area contributed by atoms with Gasteiger partial charge < -0.3 is 5.32 Å². The van der Waals surface area contributed by atoms with E-state index in [0.717, 1.165) is 39.2 Å². The molecule has 1 atom stereocenters. The summed E-state index contributed by atoms with van der Waals surface area (Å²) in [6.45, 7) is 4.29. The van der Waals surface area contributed by atoms with E-state index in [1.807, 2.05) is 36.4 Å². The van der Waals surface area contributed by atoms with Gasteiger partial charge in [-0.3, -0.25) is 4.79 Å². The molecule has 0 fully saturated rings. The lowest BCUT2D eigenvalue weighted by Gasteiger charge is -2.25. The number of carbonyl (C=O) groups excluding carboxylic acids is 1. The van der Waals surface area contributed by atoms with E-state index in [4.69, 9.17) is 16.7 Å². The maximum Gasteiger partial charge on any atom is 0.240 e. The molecule has 3 aromatic rings. The molecular formula is C27H24ClN3O. The Morgan fingerprint density at radius 3 is 2.53 bits per heavy atom. The van der Waals surface area contributed by atoms with Crippen LogP contribution in [0.3, 0.4) is 0 Å². The Morgan fingerprint density at radius 1 is 1.06 bits per heavy atom. The van der Waals surface area contributed by atoms with Crippen LogP contribution in [0.4, 0.5) is 5.69 Å². The third-order valence-electron chi connectivity index (χ3n) is 6.11. The quantitative estimate of drug-likeness (QED) is 0.524. The molecule has 3 aromatic carbocycles. The Morgan fingerprint density at radius 2 is 1.81 bits per heavy atom. The molecule has 1 N–H and O–H groups in total. The normalized spacial score (nSPS) is 17.7. The SMILES string of the molecule is CC(=O)N1N=C(C2=C(c3ccccc3)c3cc(Cl)ccc3NC2)CC1c1ccc(C)cc1. The highest BCUT2D eigenvalue weighted by Gasteiger charge is 2.34. The lowest BCUT2D eigenvalue weighted by atomic mass is 9.85. The summed E-state index contributed by atoms with van der Waals surface area (Å²) in [5.41, 5.74) is 8.67. The highest BCUT2D eigenvalue weighted by atomic mass is 35.5. The van der Waals surface area contributed by atoms with Gasteiger partial charge in [0.2, 0.25) is 5.91 Å². The van der Waals surface area contributed by atoms with Crippen molar-refractivity contribution < 1.29 is 4.79 Å². The van der Waals surface area contributed by atoms with Crippen molar-refractivity contribution in [3.8, 4) is 0 Å². The molecule has 32 heavy (non-hydrogen) atoms. The van der Waals surface area contributed by atoms with E-state index in [2.05, 4.69) is 48.6 Å². The Bertz CT molecular complexity index is 1250. The van der Waals surface area contributed by atoms with E-state index in [1.54, 1.807) is 11.9 Å². The summed E-state index contributed by atoms with van der Waals surface area (Å²) < 4.78 is 0. The van der Waals surface area contributed by atoms with Gasteiger partial charge >= 0.3 is 0 Å². The van der Waals surface area contributed by atoms with E-state index in [1.165, 1.54) is 5.56 Å². The lowest BCUT2D eigenvalue weighted by molar-refractivity contribution is -0.130. The molecule has 1 amide bonds. The average Bonchev–Trinajstić information content (AvgIpc) is 3.25. The molecule has 0 aromatic heterocycles. The second-order valence-corrected chi connectivity index (χ2v) is 8.74. The van der Waals surface area contributed by atoms with E-state index in [-0.39, 0.29) is 11.9 Å². The van der Waals surface area contributed by atoms with Crippen molar-refractivity contribution in [3.05, 3.63) is 106 Å². The third kappa shape index (κ3) is 3.71. The number of carbonyl (C=O) groups is 1. The van der Waals surface area contributed by atoms with Crippen molar-refractivity contribution in [1.29, 1.82) is 0 Å². The van der Waals surface area contributed by atoms with E-state index < -0.39 is 0 Å². The van der Waals surface area contributed by atoms with Gasteiger partial charge in [-0.25, -0.2) is 5.01 Å². The molecular weight excluding hydrogens is 418 g/mol. The van der Waals surface area contributed by atoms with Gasteiger partial charge in [-0.2, -0.15) is 5.10 Å². The average molecular weight is 442 g/mol.